The van der Waals surface area contributed by atoms with Crippen LogP contribution < -0.4 is 0 Å². The van der Waals surface area contributed by atoms with Gasteiger partial charge in [-0.15, -0.1) is 0 Å². The van der Waals surface area contributed by atoms with E-state index in [4.69, 9.17) is 8.54 Å². The van der Waals surface area contributed by atoms with Crippen LogP contribution in [0.3, 0.4) is 0 Å². The second-order valence-electron chi connectivity index (χ2n) is 5.28. The van der Waals surface area contributed by atoms with Crippen LogP contribution in [0.2, 0.25) is 0 Å². The highest BCUT2D eigenvalue weighted by Crippen LogP contribution is 2.27. The van der Waals surface area contributed by atoms with E-state index in [2.05, 4.69) is 52.0 Å². The molecule has 0 atom stereocenters. The van der Waals surface area contributed by atoms with Crippen molar-refractivity contribution in [2.24, 2.45) is 5.41 Å². The lowest BCUT2D eigenvalue weighted by Crippen LogP contribution is -2.20. The van der Waals surface area contributed by atoms with E-state index in [1.54, 1.807) is 0 Å². The van der Waals surface area contributed by atoms with Gasteiger partial charge in [-0.1, -0.05) is 38.5 Å². The maximum atomic E-state index is 5.58. The van der Waals surface area contributed by atoms with Gasteiger partial charge in [0, 0.05) is 5.41 Å². The maximum absolute atomic E-state index is 5.58. The van der Waals surface area contributed by atoms with E-state index in [0.717, 1.165) is 17.1 Å². The Morgan fingerprint density at radius 2 is 1.76 bits per heavy atom. The molecule has 0 bridgehead atoms. The molecule has 0 saturated carbocycles. The molecule has 89 valence electrons. The number of aryl methyl sites for hydroxylation is 1. The molecule has 1 heterocycles. The van der Waals surface area contributed by atoms with Crippen LogP contribution in [-0.2, 0) is 4.43 Å². The summed E-state index contributed by atoms with van der Waals surface area (Å²) in [5.74, 6) is 1.89. The summed E-state index contributed by atoms with van der Waals surface area (Å²) in [5.41, 5.74) is 2.38. The molecule has 0 spiro atoms. The predicted octanol–water partition coefficient (Wildman–Crippen LogP) is 3.21. The van der Waals surface area contributed by atoms with Gasteiger partial charge in [0.2, 0.25) is 0 Å². The van der Waals surface area contributed by atoms with Gasteiger partial charge in [-0.3, -0.25) is 0 Å². The SMILES string of the molecule is Cc1ccc(C2=[O+][Si-]OC(C(C)(C)C)=C2)cc1. The molecule has 1 aliphatic heterocycles. The second kappa shape index (κ2) is 4.49. The summed E-state index contributed by atoms with van der Waals surface area (Å²) in [6, 6.07) is 8.35. The molecular formula is C14H17O2Si. The monoisotopic (exact) mass is 245 g/mol. The van der Waals surface area contributed by atoms with Crippen LogP contribution in [0, 0.1) is 12.3 Å². The number of allylic oxidation sites excluding steroid dienone is 2. The zero-order valence-electron chi connectivity index (χ0n) is 10.7. The summed E-state index contributed by atoms with van der Waals surface area (Å²) < 4.78 is 11.1. The highest BCUT2D eigenvalue weighted by molar-refractivity contribution is 6.22. The first-order valence-corrected chi connectivity index (χ1v) is 6.53. The zero-order chi connectivity index (χ0) is 12.5. The molecule has 3 heteroatoms. The van der Waals surface area contributed by atoms with Crippen LogP contribution in [0.1, 0.15) is 36.0 Å². The van der Waals surface area contributed by atoms with Crippen molar-refractivity contribution in [1.29, 1.82) is 0 Å². The molecule has 1 aliphatic rings. The minimum absolute atomic E-state index is 0.0206. The van der Waals surface area contributed by atoms with Gasteiger partial charge in [0.05, 0.1) is 17.4 Å². The van der Waals surface area contributed by atoms with Crippen molar-refractivity contribution in [2.45, 2.75) is 27.7 Å². The molecule has 0 N–H and O–H groups in total. The second-order valence-corrected chi connectivity index (χ2v) is 5.85. The summed E-state index contributed by atoms with van der Waals surface area (Å²) in [6.07, 6.45) is 2.00. The minimum Gasteiger partial charge on any atom is -0.632 e. The first-order chi connectivity index (χ1) is 7.97. The number of hydrogen-bond donors (Lipinski definition) is 0. The number of ketones is 1. The highest BCUT2D eigenvalue weighted by atomic mass is 28.2. The van der Waals surface area contributed by atoms with Gasteiger partial charge >= 0.3 is 10.0 Å². The number of carbonyl (C=O) groups excluding carboxylic acids is 1. The predicted molar refractivity (Wildman–Crippen MR) is 69.9 cm³/mol. The normalized spacial score (nSPS) is 15.5. The molecule has 1 radical (unpaired) electrons. The molecule has 0 aromatic heterocycles. The van der Waals surface area contributed by atoms with Gasteiger partial charge in [0.25, 0.3) is 5.78 Å². The van der Waals surface area contributed by atoms with Gasteiger partial charge < -0.3 is 8.54 Å². The van der Waals surface area contributed by atoms with E-state index in [1.807, 2.05) is 6.08 Å². The van der Waals surface area contributed by atoms with E-state index < -0.39 is 0 Å². The van der Waals surface area contributed by atoms with E-state index in [1.165, 1.54) is 5.56 Å². The summed E-state index contributed by atoms with van der Waals surface area (Å²) in [5, 5.41) is 0. The standard InChI is InChI=1S/C14H17O2Si/c1-10-5-7-11(8-6-10)12-9-13(14(2,3)4)16-17-15-12/h5-9H,1-4H3. The number of rotatable bonds is 1. The van der Waals surface area contributed by atoms with Crippen LogP contribution in [0.15, 0.2) is 36.1 Å². The van der Waals surface area contributed by atoms with E-state index in [9.17, 15) is 0 Å². The number of hydrogen-bond acceptors (Lipinski definition) is 1. The fraction of sp³-hybridized carbons (Fsp3) is 0.357. The molecule has 2 nitrogen and oxygen atoms in total. The largest absolute Gasteiger partial charge is 0.632 e. The third-order valence-corrected chi connectivity index (χ3v) is 3.25. The maximum Gasteiger partial charge on any atom is 0.424 e. The fourth-order valence-electron chi connectivity index (χ4n) is 1.52. The van der Waals surface area contributed by atoms with Crippen molar-refractivity contribution < 1.29 is 8.54 Å². The lowest BCUT2D eigenvalue weighted by Gasteiger charge is -2.27. The quantitative estimate of drug-likeness (QED) is 0.549. The van der Waals surface area contributed by atoms with E-state index >= 15 is 0 Å². The summed E-state index contributed by atoms with van der Waals surface area (Å²) in [6.45, 7) is 8.50. The van der Waals surface area contributed by atoms with Gasteiger partial charge in [-0.2, -0.15) is 0 Å². The van der Waals surface area contributed by atoms with Crippen molar-refractivity contribution in [3.8, 4) is 0 Å². The van der Waals surface area contributed by atoms with Gasteiger partial charge in [0.1, 0.15) is 0 Å². The average Bonchev–Trinajstić information content (AvgIpc) is 2.29. The Morgan fingerprint density at radius 3 is 2.35 bits per heavy atom. The van der Waals surface area contributed by atoms with E-state index in [0.29, 0.717) is 0 Å². The Labute approximate surface area is 105 Å². The van der Waals surface area contributed by atoms with Gasteiger partial charge in [-0.05, 0) is 19.1 Å². The molecule has 1 aromatic rings. The van der Waals surface area contributed by atoms with Crippen LogP contribution in [0.5, 0.6) is 0 Å². The molecule has 0 unspecified atom stereocenters. The van der Waals surface area contributed by atoms with Crippen LogP contribution in [0.4, 0.5) is 0 Å². The van der Waals surface area contributed by atoms with Crippen molar-refractivity contribution in [1.82, 2.24) is 0 Å². The average molecular weight is 245 g/mol. The molecule has 0 fully saturated rings. The molecule has 0 amide bonds. The van der Waals surface area contributed by atoms with Gasteiger partial charge in [0.15, 0.2) is 0 Å². The Morgan fingerprint density at radius 1 is 1.12 bits per heavy atom. The summed E-state index contributed by atoms with van der Waals surface area (Å²) in [7, 11) is 0.0533. The Balaban J connectivity index is 2.31. The minimum atomic E-state index is 0.0206. The topological polar surface area (TPSA) is 20.5 Å². The van der Waals surface area contributed by atoms with Crippen molar-refractivity contribution in [3.63, 3.8) is 0 Å². The van der Waals surface area contributed by atoms with Crippen molar-refractivity contribution >= 4 is 15.8 Å². The van der Waals surface area contributed by atoms with Crippen LogP contribution in [0.25, 0.3) is 0 Å². The molecule has 0 saturated heterocycles. The van der Waals surface area contributed by atoms with Crippen LogP contribution in [-0.4, -0.2) is 15.8 Å². The third-order valence-electron chi connectivity index (χ3n) is 2.64. The zero-order valence-corrected chi connectivity index (χ0v) is 11.7. The fourth-order valence-corrected chi connectivity index (χ4v) is 2.28. The smallest absolute Gasteiger partial charge is 0.424 e. The van der Waals surface area contributed by atoms with Crippen molar-refractivity contribution in [2.75, 3.05) is 0 Å². The molecule has 17 heavy (non-hydrogen) atoms. The van der Waals surface area contributed by atoms with Gasteiger partial charge in [-0.25, -0.2) is 0 Å². The Kier molecular flexibility index (Phi) is 3.20. The third kappa shape index (κ3) is 2.85. The lowest BCUT2D eigenvalue weighted by molar-refractivity contribution is -0.109. The Hall–Kier alpha value is -1.35. The molecule has 1 aromatic carbocycles. The summed E-state index contributed by atoms with van der Waals surface area (Å²) >= 11 is 0. The summed E-state index contributed by atoms with van der Waals surface area (Å²) in [4.78, 5) is 0. The number of benzene rings is 1. The first-order valence-electron chi connectivity index (χ1n) is 5.72. The van der Waals surface area contributed by atoms with E-state index in [-0.39, 0.29) is 15.4 Å². The van der Waals surface area contributed by atoms with Crippen LogP contribution >= 0.6 is 0 Å². The molecule has 2 rings (SSSR count). The lowest BCUT2D eigenvalue weighted by atomic mass is 9.92. The molecular weight excluding hydrogens is 228 g/mol. The Bertz CT molecular complexity index is 464. The van der Waals surface area contributed by atoms with Crippen molar-refractivity contribution in [3.05, 3.63) is 47.2 Å². The highest BCUT2D eigenvalue weighted by Gasteiger charge is 2.23. The first kappa shape index (κ1) is 12.1. The molecule has 0 aliphatic carbocycles.